The van der Waals surface area contributed by atoms with Crippen molar-refractivity contribution in [3.8, 4) is 0 Å². The van der Waals surface area contributed by atoms with E-state index in [9.17, 15) is 9.59 Å². The van der Waals surface area contributed by atoms with Crippen LogP contribution in [0.25, 0.3) is 0 Å². The molecule has 0 radical (unpaired) electrons. The summed E-state index contributed by atoms with van der Waals surface area (Å²) in [5.41, 5.74) is 0. The van der Waals surface area contributed by atoms with Gasteiger partial charge in [-0.05, 0) is 0 Å². The van der Waals surface area contributed by atoms with E-state index in [0.717, 1.165) is 6.92 Å². The summed E-state index contributed by atoms with van der Waals surface area (Å²) in [6.07, 6.45) is 0. The molecule has 0 aromatic carbocycles. The topological polar surface area (TPSA) is 34.1 Å². The Kier molecular flexibility index (Phi) is 2.93. The SMILES string of the molecule is CC(=O)C(=O)C(Cl)(Cl)Cl. The van der Waals surface area contributed by atoms with Crippen molar-refractivity contribution >= 4 is 46.4 Å². The Morgan fingerprint density at radius 3 is 1.56 bits per heavy atom. The third-order valence-electron chi connectivity index (χ3n) is 0.577. The summed E-state index contributed by atoms with van der Waals surface area (Å²) >= 11 is 15.1. The van der Waals surface area contributed by atoms with Crippen LogP contribution in [0.4, 0.5) is 0 Å². The second-order valence-corrected chi connectivity index (χ2v) is 3.66. The van der Waals surface area contributed by atoms with Crippen molar-refractivity contribution in [2.24, 2.45) is 0 Å². The van der Waals surface area contributed by atoms with E-state index >= 15 is 0 Å². The highest BCUT2D eigenvalue weighted by molar-refractivity contribution is 6.81. The van der Waals surface area contributed by atoms with Crippen LogP contribution in [0.15, 0.2) is 0 Å². The number of halogens is 3. The van der Waals surface area contributed by atoms with Crippen molar-refractivity contribution in [1.29, 1.82) is 0 Å². The lowest BCUT2D eigenvalue weighted by Gasteiger charge is -2.03. The van der Waals surface area contributed by atoms with Gasteiger partial charge in [0.1, 0.15) is 0 Å². The smallest absolute Gasteiger partial charge is 0.256 e. The third-order valence-corrected chi connectivity index (χ3v) is 1.09. The van der Waals surface area contributed by atoms with Gasteiger partial charge in [-0.25, -0.2) is 0 Å². The van der Waals surface area contributed by atoms with Gasteiger partial charge in [0.15, 0.2) is 5.78 Å². The Balaban J connectivity index is 4.23. The lowest BCUT2D eigenvalue weighted by molar-refractivity contribution is -0.134. The van der Waals surface area contributed by atoms with E-state index in [1.165, 1.54) is 0 Å². The minimum atomic E-state index is -2.09. The van der Waals surface area contributed by atoms with Crippen molar-refractivity contribution in [3.63, 3.8) is 0 Å². The molecule has 52 valence electrons. The van der Waals surface area contributed by atoms with E-state index in [-0.39, 0.29) is 0 Å². The molecule has 0 aliphatic carbocycles. The molecule has 0 saturated carbocycles. The summed E-state index contributed by atoms with van der Waals surface area (Å²) in [5, 5.41) is 0. The number of rotatable bonds is 1. The Morgan fingerprint density at radius 2 is 1.56 bits per heavy atom. The third kappa shape index (κ3) is 3.04. The second-order valence-electron chi connectivity index (χ2n) is 1.38. The fourth-order valence-electron chi connectivity index (χ4n) is 0.200. The predicted molar refractivity (Wildman–Crippen MR) is 36.0 cm³/mol. The van der Waals surface area contributed by atoms with Crippen molar-refractivity contribution in [3.05, 3.63) is 0 Å². The van der Waals surface area contributed by atoms with Gasteiger partial charge >= 0.3 is 0 Å². The van der Waals surface area contributed by atoms with E-state index in [1.54, 1.807) is 0 Å². The molecule has 0 aromatic heterocycles. The van der Waals surface area contributed by atoms with Crippen LogP contribution >= 0.6 is 34.8 Å². The molecular weight excluding hydrogens is 186 g/mol. The number of hydrogen-bond acceptors (Lipinski definition) is 2. The molecule has 0 spiro atoms. The van der Waals surface area contributed by atoms with Crippen molar-refractivity contribution in [2.45, 2.75) is 10.7 Å². The van der Waals surface area contributed by atoms with Crippen molar-refractivity contribution < 1.29 is 9.59 Å². The van der Waals surface area contributed by atoms with E-state index in [2.05, 4.69) is 0 Å². The van der Waals surface area contributed by atoms with Crippen LogP contribution in [0, 0.1) is 0 Å². The average molecular weight is 189 g/mol. The van der Waals surface area contributed by atoms with Crippen molar-refractivity contribution in [1.82, 2.24) is 0 Å². The van der Waals surface area contributed by atoms with Crippen LogP contribution < -0.4 is 0 Å². The Bertz CT molecular complexity index is 146. The van der Waals surface area contributed by atoms with Crippen LogP contribution in [0.1, 0.15) is 6.92 Å². The van der Waals surface area contributed by atoms with Crippen molar-refractivity contribution in [2.75, 3.05) is 0 Å². The molecule has 0 amide bonds. The number of ketones is 2. The lowest BCUT2D eigenvalue weighted by atomic mass is 10.3. The zero-order valence-corrected chi connectivity index (χ0v) is 6.72. The summed E-state index contributed by atoms with van der Waals surface area (Å²) < 4.78 is -2.09. The average Bonchev–Trinajstić information content (AvgIpc) is 1.62. The van der Waals surface area contributed by atoms with Gasteiger partial charge in [-0.15, -0.1) is 0 Å². The lowest BCUT2D eigenvalue weighted by Crippen LogP contribution is -2.25. The van der Waals surface area contributed by atoms with E-state index in [1.807, 2.05) is 0 Å². The van der Waals surface area contributed by atoms with E-state index < -0.39 is 15.4 Å². The number of Topliss-reactive ketones (excluding diaryl/α,β-unsaturated/α-hetero) is 2. The van der Waals surface area contributed by atoms with Crippen LogP contribution in [-0.2, 0) is 9.59 Å². The van der Waals surface area contributed by atoms with Crippen LogP contribution in [0.5, 0.6) is 0 Å². The maximum absolute atomic E-state index is 10.4. The minimum Gasteiger partial charge on any atom is -0.291 e. The number of carbonyl (C=O) groups excluding carboxylic acids is 2. The van der Waals surface area contributed by atoms with Crippen LogP contribution in [-0.4, -0.2) is 15.4 Å². The summed E-state index contributed by atoms with van der Waals surface area (Å²) in [6, 6.07) is 0. The highest BCUT2D eigenvalue weighted by atomic mass is 35.6. The molecule has 5 heteroatoms. The molecule has 9 heavy (non-hydrogen) atoms. The number of hydrogen-bond donors (Lipinski definition) is 0. The molecule has 0 aliphatic heterocycles. The molecule has 2 nitrogen and oxygen atoms in total. The van der Waals surface area contributed by atoms with Gasteiger partial charge in [0, 0.05) is 6.92 Å². The van der Waals surface area contributed by atoms with Gasteiger partial charge in [0.2, 0.25) is 5.78 Å². The zero-order chi connectivity index (χ0) is 7.65. The second kappa shape index (κ2) is 2.86. The standard InChI is InChI=1S/C4H3Cl3O2/c1-2(8)3(9)4(5,6)7/h1H3. The maximum Gasteiger partial charge on any atom is 0.256 e. The molecule has 0 saturated heterocycles. The molecule has 0 heterocycles. The molecule has 0 atom stereocenters. The fraction of sp³-hybridized carbons (Fsp3) is 0.500. The molecule has 0 N–H and O–H groups in total. The summed E-state index contributed by atoms with van der Waals surface area (Å²) in [7, 11) is 0. The highest BCUT2D eigenvalue weighted by Crippen LogP contribution is 2.26. The molecule has 0 rings (SSSR count). The largest absolute Gasteiger partial charge is 0.291 e. The van der Waals surface area contributed by atoms with Gasteiger partial charge < -0.3 is 0 Å². The highest BCUT2D eigenvalue weighted by Gasteiger charge is 2.33. The normalized spacial score (nSPS) is 11.1. The quantitative estimate of drug-likeness (QED) is 0.463. The molecular formula is C4H3Cl3O2. The van der Waals surface area contributed by atoms with E-state index in [4.69, 9.17) is 34.8 Å². The maximum atomic E-state index is 10.4. The molecule has 0 fully saturated rings. The van der Waals surface area contributed by atoms with Gasteiger partial charge in [0.05, 0.1) is 0 Å². The summed E-state index contributed by atoms with van der Waals surface area (Å²) in [5.74, 6) is -1.76. The van der Waals surface area contributed by atoms with Gasteiger partial charge in [-0.3, -0.25) is 9.59 Å². The zero-order valence-electron chi connectivity index (χ0n) is 4.45. The first kappa shape index (κ1) is 9.21. The Hall–Kier alpha value is 0.210. The summed E-state index contributed by atoms with van der Waals surface area (Å²) in [6.45, 7) is 1.05. The molecule has 0 aliphatic rings. The summed E-state index contributed by atoms with van der Waals surface area (Å²) in [4.78, 5) is 20.6. The minimum absolute atomic E-state index is 0.755. The first-order valence-electron chi connectivity index (χ1n) is 1.98. The Morgan fingerprint density at radius 1 is 1.22 bits per heavy atom. The monoisotopic (exact) mass is 188 g/mol. The van der Waals surface area contributed by atoms with Crippen LogP contribution in [0.2, 0.25) is 0 Å². The van der Waals surface area contributed by atoms with E-state index in [0.29, 0.717) is 0 Å². The Labute approximate surface area is 67.1 Å². The molecule has 0 aromatic rings. The number of alkyl halides is 3. The fourth-order valence-corrected chi connectivity index (χ4v) is 0.599. The molecule has 0 bridgehead atoms. The predicted octanol–water partition coefficient (Wildman–Crippen LogP) is 1.51. The molecule has 0 unspecified atom stereocenters. The van der Waals surface area contributed by atoms with Crippen LogP contribution in [0.3, 0.4) is 0 Å². The van der Waals surface area contributed by atoms with Gasteiger partial charge in [0.25, 0.3) is 3.79 Å². The first-order chi connectivity index (χ1) is 3.85. The van der Waals surface area contributed by atoms with Gasteiger partial charge in [-0.1, -0.05) is 34.8 Å². The van der Waals surface area contributed by atoms with Gasteiger partial charge in [-0.2, -0.15) is 0 Å². The number of carbonyl (C=O) groups is 2. The first-order valence-corrected chi connectivity index (χ1v) is 3.11.